The van der Waals surface area contributed by atoms with Crippen LogP contribution < -0.4 is 28.4 Å². The SMILES string of the molecule is C=CC(=O)OCCCCCCOc1ccc(OC(=O)C2CCC(C(=O)Oc3ccc(OC(=O)C4CCC(C(=O)Oc5ccc(OCCCCCCOC(=O)C=C)c(C(=O)OC)c5)CC4)cc3C(=O)OC)CC2)cc1C. The van der Waals surface area contributed by atoms with Crippen molar-refractivity contribution >= 4 is 47.8 Å². The summed E-state index contributed by atoms with van der Waals surface area (Å²) in [5.74, 6) is -5.02. The van der Waals surface area contributed by atoms with Gasteiger partial charge in [0.15, 0.2) is 0 Å². The molecule has 0 saturated heterocycles. The Morgan fingerprint density at radius 2 is 0.773 bits per heavy atom. The van der Waals surface area contributed by atoms with Crippen molar-refractivity contribution in [1.29, 1.82) is 0 Å². The first-order chi connectivity index (χ1) is 36.2. The Bertz CT molecular complexity index is 2480. The maximum atomic E-state index is 13.4. The second-order valence-electron chi connectivity index (χ2n) is 18.3. The molecule has 0 atom stereocenters. The minimum atomic E-state index is -0.816. The van der Waals surface area contributed by atoms with Gasteiger partial charge < -0.3 is 47.4 Å². The molecule has 3 aromatic carbocycles. The smallest absolute Gasteiger partial charge is 0.341 e. The number of carbonyl (C=O) groups is 8. The van der Waals surface area contributed by atoms with E-state index >= 15 is 0 Å². The van der Waals surface area contributed by atoms with Crippen LogP contribution in [0.2, 0.25) is 0 Å². The van der Waals surface area contributed by atoms with E-state index in [1.165, 1.54) is 50.6 Å². The van der Waals surface area contributed by atoms with Crippen LogP contribution >= 0.6 is 0 Å². The summed E-state index contributed by atoms with van der Waals surface area (Å²) >= 11 is 0. The average molecular weight is 1040 g/mol. The molecular weight excluding hydrogens is 973 g/mol. The zero-order valence-corrected chi connectivity index (χ0v) is 43.1. The highest BCUT2D eigenvalue weighted by Crippen LogP contribution is 2.36. The van der Waals surface area contributed by atoms with Crippen LogP contribution in [0.3, 0.4) is 0 Å². The summed E-state index contributed by atoms with van der Waals surface area (Å²) in [4.78, 5) is 101. The number of hydrogen-bond acceptors (Lipinski definition) is 18. The van der Waals surface area contributed by atoms with Gasteiger partial charge in [0.2, 0.25) is 0 Å². The average Bonchev–Trinajstić information content (AvgIpc) is 3.42. The van der Waals surface area contributed by atoms with E-state index in [2.05, 4.69) is 13.2 Å². The third-order valence-corrected chi connectivity index (χ3v) is 12.9. The molecule has 0 amide bonds. The molecule has 0 N–H and O–H groups in total. The first-order valence-electron chi connectivity index (χ1n) is 25.5. The van der Waals surface area contributed by atoms with E-state index in [9.17, 15) is 38.4 Å². The van der Waals surface area contributed by atoms with E-state index in [-0.39, 0.29) is 34.1 Å². The highest BCUT2D eigenvalue weighted by Gasteiger charge is 2.35. The quantitative estimate of drug-likeness (QED) is 0.0217. The topological polar surface area (TPSA) is 229 Å². The number of aryl methyl sites for hydroxylation is 1. The maximum Gasteiger partial charge on any atom is 0.341 e. The molecule has 0 radical (unpaired) electrons. The van der Waals surface area contributed by atoms with Gasteiger partial charge in [-0.15, -0.1) is 0 Å². The lowest BCUT2D eigenvalue weighted by Crippen LogP contribution is -2.31. The number of carbonyl (C=O) groups excluding carboxylic acids is 8. The van der Waals surface area contributed by atoms with Gasteiger partial charge in [0.25, 0.3) is 0 Å². The Morgan fingerprint density at radius 3 is 1.16 bits per heavy atom. The molecular formula is C57H68O18. The highest BCUT2D eigenvalue weighted by molar-refractivity contribution is 5.95. The largest absolute Gasteiger partial charge is 0.493 e. The lowest BCUT2D eigenvalue weighted by atomic mass is 9.82. The third-order valence-electron chi connectivity index (χ3n) is 12.9. The monoisotopic (exact) mass is 1040 g/mol. The molecule has 18 nitrogen and oxygen atoms in total. The summed E-state index contributed by atoms with van der Waals surface area (Å²) in [6, 6.07) is 13.7. The Balaban J connectivity index is 1.03. The fourth-order valence-corrected chi connectivity index (χ4v) is 8.61. The molecule has 0 unspecified atom stereocenters. The highest BCUT2D eigenvalue weighted by atomic mass is 16.6. The van der Waals surface area contributed by atoms with Crippen LogP contribution in [-0.4, -0.2) is 88.4 Å². The van der Waals surface area contributed by atoms with E-state index in [1.807, 2.05) is 6.92 Å². The van der Waals surface area contributed by atoms with Crippen LogP contribution in [0.25, 0.3) is 0 Å². The lowest BCUT2D eigenvalue weighted by Gasteiger charge is -2.26. The molecule has 2 fully saturated rings. The van der Waals surface area contributed by atoms with Crippen LogP contribution in [0.5, 0.6) is 34.5 Å². The lowest BCUT2D eigenvalue weighted by molar-refractivity contribution is -0.145. The normalized spacial score (nSPS) is 16.9. The predicted octanol–water partition coefficient (Wildman–Crippen LogP) is 9.54. The zero-order chi connectivity index (χ0) is 54.1. The summed E-state index contributed by atoms with van der Waals surface area (Å²) in [6.45, 7) is 10.1. The number of ether oxygens (including phenoxy) is 10. The summed E-state index contributed by atoms with van der Waals surface area (Å²) in [7, 11) is 2.41. The van der Waals surface area contributed by atoms with Gasteiger partial charge in [0.05, 0.1) is 64.3 Å². The molecule has 0 spiro atoms. The van der Waals surface area contributed by atoms with E-state index in [0.717, 1.165) is 56.2 Å². The van der Waals surface area contributed by atoms with Crippen LogP contribution in [0, 0.1) is 30.6 Å². The summed E-state index contributed by atoms with van der Waals surface area (Å²) < 4.78 is 54.3. The number of benzene rings is 3. The summed E-state index contributed by atoms with van der Waals surface area (Å²) in [5, 5.41) is 0. The molecule has 5 rings (SSSR count). The molecule has 3 aromatic rings. The minimum absolute atomic E-state index is 0.0321. The van der Waals surface area contributed by atoms with Crippen molar-refractivity contribution in [3.8, 4) is 34.5 Å². The maximum absolute atomic E-state index is 13.4. The number of hydrogen-bond donors (Lipinski definition) is 0. The number of rotatable bonds is 28. The van der Waals surface area contributed by atoms with E-state index in [4.69, 9.17) is 47.4 Å². The summed E-state index contributed by atoms with van der Waals surface area (Å²) in [5.41, 5.74) is 0.784. The standard InChI is InChI=1S/C57H68O18/c1-6-50(58)70-32-14-10-8-12-30-68-47-27-24-42(34-37(47)3)72-52(60)38-20-22-41(23-21-38)55(63)75-49-29-26-44(36-46(49)57(65)67-5)74-54(62)40-18-16-39(17-19-40)53(61)73-43-25-28-48(45(35-43)56(64)66-4)69-31-13-9-11-15-33-71-51(59)7-2/h6-7,24-29,34-36,38-41H,1-2,8-23,30-33H2,3-5H3. The second-order valence-corrected chi connectivity index (χ2v) is 18.3. The van der Waals surface area contributed by atoms with E-state index < -0.39 is 71.4 Å². The molecule has 0 heterocycles. The van der Waals surface area contributed by atoms with Crippen molar-refractivity contribution in [2.45, 2.75) is 110 Å². The van der Waals surface area contributed by atoms with Gasteiger partial charge in [-0.05, 0) is 170 Å². The van der Waals surface area contributed by atoms with Gasteiger partial charge in [-0.1, -0.05) is 13.2 Å². The Hall–Kier alpha value is -7.50. The molecule has 404 valence electrons. The minimum Gasteiger partial charge on any atom is -0.493 e. The molecule has 2 aliphatic carbocycles. The molecule has 75 heavy (non-hydrogen) atoms. The van der Waals surface area contributed by atoms with Gasteiger partial charge in [0.1, 0.15) is 45.6 Å². The Kier molecular flexibility index (Phi) is 23.9. The van der Waals surface area contributed by atoms with Crippen molar-refractivity contribution in [2.75, 3.05) is 40.6 Å². The molecule has 0 aromatic heterocycles. The van der Waals surface area contributed by atoms with Crippen molar-refractivity contribution in [3.05, 3.63) is 96.6 Å². The van der Waals surface area contributed by atoms with Crippen molar-refractivity contribution in [1.82, 2.24) is 0 Å². The number of esters is 8. The number of unbranched alkanes of at least 4 members (excludes halogenated alkanes) is 6. The first kappa shape index (κ1) is 58.4. The van der Waals surface area contributed by atoms with Crippen LogP contribution in [0.15, 0.2) is 79.9 Å². The first-order valence-corrected chi connectivity index (χ1v) is 25.5. The van der Waals surface area contributed by atoms with Crippen molar-refractivity contribution in [2.24, 2.45) is 23.7 Å². The van der Waals surface area contributed by atoms with Crippen LogP contribution in [-0.2, 0) is 47.7 Å². The predicted molar refractivity (Wildman–Crippen MR) is 270 cm³/mol. The molecule has 2 aliphatic rings. The van der Waals surface area contributed by atoms with E-state index in [1.54, 1.807) is 18.2 Å². The molecule has 0 aliphatic heterocycles. The van der Waals surface area contributed by atoms with Crippen molar-refractivity contribution < 1.29 is 85.7 Å². The molecule has 18 heteroatoms. The molecule has 0 bridgehead atoms. The Labute approximate surface area is 437 Å². The second kappa shape index (κ2) is 30.6. The fraction of sp³-hybridized carbons (Fsp3) is 0.474. The molecule has 2 saturated carbocycles. The van der Waals surface area contributed by atoms with Gasteiger partial charge >= 0.3 is 47.8 Å². The van der Waals surface area contributed by atoms with Gasteiger partial charge in [-0.2, -0.15) is 0 Å². The van der Waals surface area contributed by atoms with Gasteiger partial charge in [-0.3, -0.25) is 19.2 Å². The fourth-order valence-electron chi connectivity index (χ4n) is 8.61. The van der Waals surface area contributed by atoms with Crippen LogP contribution in [0.1, 0.15) is 129 Å². The summed E-state index contributed by atoms with van der Waals surface area (Å²) in [6.07, 6.45) is 11.5. The van der Waals surface area contributed by atoms with Gasteiger partial charge in [0, 0.05) is 12.2 Å². The van der Waals surface area contributed by atoms with Gasteiger partial charge in [-0.25, -0.2) is 19.2 Å². The van der Waals surface area contributed by atoms with E-state index in [0.29, 0.717) is 102 Å². The Morgan fingerprint density at radius 1 is 0.440 bits per heavy atom. The zero-order valence-electron chi connectivity index (χ0n) is 43.1. The third kappa shape index (κ3) is 18.7. The van der Waals surface area contributed by atoms with Crippen LogP contribution in [0.4, 0.5) is 0 Å². The van der Waals surface area contributed by atoms with Crippen molar-refractivity contribution in [3.63, 3.8) is 0 Å². The number of methoxy groups -OCH3 is 2.